The molecule has 0 saturated carbocycles. The van der Waals surface area contributed by atoms with Gasteiger partial charge in [-0.3, -0.25) is 0 Å². The minimum absolute atomic E-state index is 0.259. The van der Waals surface area contributed by atoms with Crippen LogP contribution in [0, 0.1) is 11.3 Å². The lowest BCUT2D eigenvalue weighted by Gasteiger charge is -2.08. The van der Waals surface area contributed by atoms with Crippen LogP contribution >= 0.6 is 23.5 Å². The number of hydrogen-bond donors (Lipinski definition) is 1. The van der Waals surface area contributed by atoms with Gasteiger partial charge in [-0.2, -0.15) is 20.0 Å². The van der Waals surface area contributed by atoms with Gasteiger partial charge >= 0.3 is 0 Å². The van der Waals surface area contributed by atoms with Gasteiger partial charge in [-0.1, -0.05) is 11.8 Å². The van der Waals surface area contributed by atoms with Crippen LogP contribution in [0.1, 0.15) is 12.5 Å². The van der Waals surface area contributed by atoms with Crippen LogP contribution in [0.15, 0.2) is 16.2 Å². The molecule has 21 heavy (non-hydrogen) atoms. The van der Waals surface area contributed by atoms with E-state index in [0.29, 0.717) is 34.1 Å². The minimum atomic E-state index is 0.259. The molecule has 9 heteroatoms. The summed E-state index contributed by atoms with van der Waals surface area (Å²) in [6.07, 6.45) is 3.71. The molecule has 0 aliphatic heterocycles. The van der Waals surface area contributed by atoms with Crippen LogP contribution in [0.25, 0.3) is 5.82 Å². The van der Waals surface area contributed by atoms with Gasteiger partial charge in [0.2, 0.25) is 5.88 Å². The van der Waals surface area contributed by atoms with Crippen LogP contribution in [0.2, 0.25) is 0 Å². The molecule has 7 nitrogen and oxygen atoms in total. The summed E-state index contributed by atoms with van der Waals surface area (Å²) >= 11 is 2.75. The van der Waals surface area contributed by atoms with E-state index >= 15 is 0 Å². The molecule has 0 radical (unpaired) electrons. The SMILES string of the molecule is CCOc1cc(-n2nc(SC)c(C#N)c2N)nc(SC)n1. The third-order valence-electron chi connectivity index (χ3n) is 2.55. The van der Waals surface area contributed by atoms with Gasteiger partial charge in [-0.05, 0) is 19.4 Å². The van der Waals surface area contributed by atoms with Gasteiger partial charge in [0.25, 0.3) is 0 Å². The highest BCUT2D eigenvalue weighted by atomic mass is 32.2. The van der Waals surface area contributed by atoms with Crippen molar-refractivity contribution in [3.63, 3.8) is 0 Å². The second kappa shape index (κ2) is 6.69. The monoisotopic (exact) mass is 322 g/mol. The highest BCUT2D eigenvalue weighted by Gasteiger charge is 2.18. The maximum Gasteiger partial charge on any atom is 0.219 e. The number of rotatable bonds is 5. The lowest BCUT2D eigenvalue weighted by molar-refractivity contribution is 0.322. The molecule has 0 spiro atoms. The number of thioether (sulfide) groups is 2. The number of hydrogen-bond acceptors (Lipinski definition) is 8. The molecule has 0 unspecified atom stereocenters. The molecule has 0 saturated heterocycles. The molecule has 2 N–H and O–H groups in total. The van der Waals surface area contributed by atoms with Crippen molar-refractivity contribution in [1.29, 1.82) is 5.26 Å². The molecule has 2 heterocycles. The Morgan fingerprint density at radius 2 is 2.14 bits per heavy atom. The predicted molar refractivity (Wildman–Crippen MR) is 83.0 cm³/mol. The fourth-order valence-electron chi connectivity index (χ4n) is 1.65. The molecule has 2 aromatic rings. The zero-order valence-electron chi connectivity index (χ0n) is 11.8. The lowest BCUT2D eigenvalue weighted by Crippen LogP contribution is -2.07. The molecular weight excluding hydrogens is 308 g/mol. The molecule has 110 valence electrons. The van der Waals surface area contributed by atoms with Crippen molar-refractivity contribution < 1.29 is 4.74 Å². The maximum absolute atomic E-state index is 9.17. The van der Waals surface area contributed by atoms with Crippen molar-refractivity contribution >= 4 is 29.3 Å². The first-order valence-corrected chi connectivity index (χ1v) is 8.48. The van der Waals surface area contributed by atoms with Gasteiger partial charge in [-0.15, -0.1) is 11.8 Å². The van der Waals surface area contributed by atoms with Gasteiger partial charge in [-0.25, -0.2) is 4.98 Å². The Labute approximate surface area is 130 Å². The van der Waals surface area contributed by atoms with Gasteiger partial charge in [0.1, 0.15) is 22.5 Å². The second-order valence-corrected chi connectivity index (χ2v) is 5.35. The van der Waals surface area contributed by atoms with E-state index in [-0.39, 0.29) is 5.82 Å². The van der Waals surface area contributed by atoms with Gasteiger partial charge in [0, 0.05) is 6.07 Å². The van der Waals surface area contributed by atoms with Crippen LogP contribution < -0.4 is 10.5 Å². The minimum Gasteiger partial charge on any atom is -0.478 e. The summed E-state index contributed by atoms with van der Waals surface area (Å²) in [5, 5.41) is 14.6. The van der Waals surface area contributed by atoms with E-state index in [1.54, 1.807) is 6.07 Å². The number of nitrogen functional groups attached to an aromatic ring is 1. The first-order chi connectivity index (χ1) is 10.1. The van der Waals surface area contributed by atoms with Gasteiger partial charge in [0.15, 0.2) is 11.0 Å². The molecule has 0 bridgehead atoms. The first-order valence-electron chi connectivity index (χ1n) is 6.03. The molecule has 0 atom stereocenters. The normalized spacial score (nSPS) is 10.4. The number of aromatic nitrogens is 4. The maximum atomic E-state index is 9.17. The second-order valence-electron chi connectivity index (χ2n) is 3.78. The summed E-state index contributed by atoms with van der Waals surface area (Å²) in [7, 11) is 0. The van der Waals surface area contributed by atoms with Crippen molar-refractivity contribution in [2.45, 2.75) is 17.1 Å². The fraction of sp³-hybridized carbons (Fsp3) is 0.333. The molecule has 0 aliphatic carbocycles. The number of ether oxygens (including phenoxy) is 1. The quantitative estimate of drug-likeness (QED) is 0.658. The zero-order valence-corrected chi connectivity index (χ0v) is 13.5. The Balaban J connectivity index is 2.58. The molecule has 0 fully saturated rings. The lowest BCUT2D eigenvalue weighted by atomic mass is 10.4. The van der Waals surface area contributed by atoms with Gasteiger partial charge < -0.3 is 10.5 Å². The average molecular weight is 322 g/mol. The Kier molecular flexibility index (Phi) is 4.93. The summed E-state index contributed by atoms with van der Waals surface area (Å²) in [5.41, 5.74) is 6.35. The Hall–Kier alpha value is -1.92. The van der Waals surface area contributed by atoms with Crippen LogP contribution in [0.4, 0.5) is 5.82 Å². The Bertz CT molecular complexity index is 694. The number of nitriles is 1. The first kappa shape index (κ1) is 15.5. The van der Waals surface area contributed by atoms with Crippen molar-refractivity contribution in [2.24, 2.45) is 0 Å². The predicted octanol–water partition coefficient (Wildman–Crippen LogP) is 1.96. The van der Waals surface area contributed by atoms with Crippen LogP contribution in [0.3, 0.4) is 0 Å². The Morgan fingerprint density at radius 1 is 1.38 bits per heavy atom. The topological polar surface area (TPSA) is 103 Å². The molecule has 0 aliphatic rings. The highest BCUT2D eigenvalue weighted by Crippen LogP contribution is 2.27. The summed E-state index contributed by atoms with van der Waals surface area (Å²) in [6.45, 7) is 2.38. The van der Waals surface area contributed by atoms with E-state index in [2.05, 4.69) is 21.1 Å². The third kappa shape index (κ3) is 3.06. The largest absolute Gasteiger partial charge is 0.478 e. The van der Waals surface area contributed by atoms with E-state index in [0.717, 1.165) is 0 Å². The van der Waals surface area contributed by atoms with E-state index in [9.17, 15) is 5.26 Å². The van der Waals surface area contributed by atoms with Gasteiger partial charge in [0.05, 0.1) is 6.61 Å². The van der Waals surface area contributed by atoms with E-state index in [1.165, 1.54) is 28.2 Å². The van der Waals surface area contributed by atoms with E-state index in [1.807, 2.05) is 19.4 Å². The summed E-state index contributed by atoms with van der Waals surface area (Å²) < 4.78 is 6.86. The van der Waals surface area contributed by atoms with Crippen molar-refractivity contribution in [3.8, 4) is 17.8 Å². The van der Waals surface area contributed by atoms with Crippen LogP contribution in [-0.2, 0) is 0 Å². The zero-order chi connectivity index (χ0) is 15.4. The smallest absolute Gasteiger partial charge is 0.219 e. The van der Waals surface area contributed by atoms with Crippen molar-refractivity contribution in [2.75, 3.05) is 24.9 Å². The number of nitrogens with zero attached hydrogens (tertiary/aromatic N) is 5. The molecule has 2 aromatic heterocycles. The van der Waals surface area contributed by atoms with Crippen LogP contribution in [-0.4, -0.2) is 38.9 Å². The van der Waals surface area contributed by atoms with E-state index in [4.69, 9.17) is 10.5 Å². The van der Waals surface area contributed by atoms with E-state index < -0.39 is 0 Å². The standard InChI is InChI=1S/C12H14N6OS2/c1-4-19-9-5-8(15-12(16-9)21-3)18-10(14)7(6-13)11(17-18)20-2/h5H,4,14H2,1-3H3. The Morgan fingerprint density at radius 3 is 2.67 bits per heavy atom. The summed E-state index contributed by atoms with van der Waals surface area (Å²) in [4.78, 5) is 8.61. The van der Waals surface area contributed by atoms with Crippen molar-refractivity contribution in [1.82, 2.24) is 19.7 Å². The summed E-state index contributed by atoms with van der Waals surface area (Å²) in [5.74, 6) is 1.19. The number of anilines is 1. The summed E-state index contributed by atoms with van der Waals surface area (Å²) in [6, 6.07) is 3.71. The van der Waals surface area contributed by atoms with Crippen molar-refractivity contribution in [3.05, 3.63) is 11.6 Å². The highest BCUT2D eigenvalue weighted by molar-refractivity contribution is 7.98. The average Bonchev–Trinajstić information content (AvgIpc) is 2.83. The molecular formula is C12H14N6OS2. The molecule has 2 rings (SSSR count). The fourth-order valence-corrected chi connectivity index (χ4v) is 2.53. The third-order valence-corrected chi connectivity index (χ3v) is 3.77. The number of nitrogens with two attached hydrogens (primary N) is 1. The van der Waals surface area contributed by atoms with Crippen LogP contribution in [0.5, 0.6) is 5.88 Å². The molecule has 0 aromatic carbocycles. The molecule has 0 amide bonds.